The van der Waals surface area contributed by atoms with Gasteiger partial charge in [-0.25, -0.2) is 4.79 Å². The molecule has 4 nitrogen and oxygen atoms in total. The van der Waals surface area contributed by atoms with Crippen LogP contribution in [0.1, 0.15) is 20.8 Å². The molecule has 2 aromatic rings. The van der Waals surface area contributed by atoms with Gasteiger partial charge in [0, 0.05) is 5.56 Å². The van der Waals surface area contributed by atoms with E-state index in [0.29, 0.717) is 12.4 Å². The van der Waals surface area contributed by atoms with Gasteiger partial charge in [-0.3, -0.25) is 0 Å². The van der Waals surface area contributed by atoms with Crippen molar-refractivity contribution in [2.24, 2.45) is 0 Å². The van der Waals surface area contributed by atoms with Crippen LogP contribution in [-0.4, -0.2) is 25.3 Å². The Morgan fingerprint density at radius 2 is 1.83 bits per heavy atom. The van der Waals surface area contributed by atoms with E-state index < -0.39 is 5.60 Å². The third-order valence-corrected chi connectivity index (χ3v) is 3.39. The molecule has 0 spiro atoms. The van der Waals surface area contributed by atoms with E-state index in [-0.39, 0.29) is 5.97 Å². The second kappa shape index (κ2) is 7.18. The first-order chi connectivity index (χ1) is 11.0. The molecule has 23 heavy (non-hydrogen) atoms. The van der Waals surface area contributed by atoms with Crippen molar-refractivity contribution in [3.05, 3.63) is 48.5 Å². The number of ether oxygens (including phenoxy) is 3. The standard InChI is InChI=1S/C19H22O4/c1-5-22-18(20)19(2,3)23-15-10-8-9-14(13-15)16-11-6-7-12-17(16)21-4/h6-13H,5H2,1-4H3. The van der Waals surface area contributed by atoms with Crippen molar-refractivity contribution in [2.45, 2.75) is 26.4 Å². The van der Waals surface area contributed by atoms with Crippen molar-refractivity contribution in [1.29, 1.82) is 0 Å². The van der Waals surface area contributed by atoms with E-state index in [1.807, 2.05) is 48.5 Å². The average molecular weight is 314 g/mol. The minimum atomic E-state index is -1.05. The Kier molecular flexibility index (Phi) is 5.27. The van der Waals surface area contributed by atoms with E-state index in [1.165, 1.54) is 0 Å². The van der Waals surface area contributed by atoms with Gasteiger partial charge in [-0.15, -0.1) is 0 Å². The quantitative estimate of drug-likeness (QED) is 0.754. The molecule has 0 aliphatic rings. The smallest absolute Gasteiger partial charge is 0.349 e. The number of methoxy groups -OCH3 is 1. The molecule has 0 saturated carbocycles. The third-order valence-electron chi connectivity index (χ3n) is 3.39. The molecular weight excluding hydrogens is 292 g/mol. The molecule has 0 unspecified atom stereocenters. The summed E-state index contributed by atoms with van der Waals surface area (Å²) >= 11 is 0. The van der Waals surface area contributed by atoms with Gasteiger partial charge in [0.2, 0.25) is 0 Å². The number of benzene rings is 2. The van der Waals surface area contributed by atoms with Gasteiger partial charge < -0.3 is 14.2 Å². The zero-order valence-electron chi connectivity index (χ0n) is 14.0. The third kappa shape index (κ3) is 4.03. The monoisotopic (exact) mass is 314 g/mol. The zero-order valence-corrected chi connectivity index (χ0v) is 14.0. The number of rotatable bonds is 6. The van der Waals surface area contributed by atoms with Gasteiger partial charge >= 0.3 is 5.97 Å². The van der Waals surface area contributed by atoms with Crippen LogP contribution < -0.4 is 9.47 Å². The topological polar surface area (TPSA) is 44.8 Å². The molecule has 2 rings (SSSR count). The highest BCUT2D eigenvalue weighted by Crippen LogP contribution is 2.32. The molecular formula is C19H22O4. The van der Waals surface area contributed by atoms with Crippen molar-refractivity contribution >= 4 is 5.97 Å². The van der Waals surface area contributed by atoms with Gasteiger partial charge in [-0.2, -0.15) is 0 Å². The maximum absolute atomic E-state index is 12.0. The Bertz CT molecular complexity index is 677. The number of carbonyl (C=O) groups is 1. The molecule has 0 saturated heterocycles. The molecule has 0 aromatic heterocycles. The van der Waals surface area contributed by atoms with Gasteiger partial charge in [0.05, 0.1) is 13.7 Å². The maximum Gasteiger partial charge on any atom is 0.349 e. The summed E-state index contributed by atoms with van der Waals surface area (Å²) in [5, 5.41) is 0. The minimum Gasteiger partial charge on any atom is -0.496 e. The van der Waals surface area contributed by atoms with Crippen molar-refractivity contribution in [2.75, 3.05) is 13.7 Å². The molecule has 122 valence electrons. The molecule has 0 bridgehead atoms. The van der Waals surface area contributed by atoms with E-state index in [0.717, 1.165) is 16.9 Å². The molecule has 4 heteroatoms. The highest BCUT2D eigenvalue weighted by molar-refractivity contribution is 5.79. The summed E-state index contributed by atoms with van der Waals surface area (Å²) in [5.41, 5.74) is 0.879. The Labute approximate surface area is 137 Å². The molecule has 0 aliphatic carbocycles. The van der Waals surface area contributed by atoms with Crippen LogP contribution in [-0.2, 0) is 9.53 Å². The molecule has 2 aromatic carbocycles. The Hall–Kier alpha value is -2.49. The number of hydrogen-bond donors (Lipinski definition) is 0. The van der Waals surface area contributed by atoms with Crippen LogP contribution in [0.25, 0.3) is 11.1 Å². The maximum atomic E-state index is 12.0. The summed E-state index contributed by atoms with van der Waals surface area (Å²) in [5.74, 6) is 1.00. The SMILES string of the molecule is CCOC(=O)C(C)(C)Oc1cccc(-c2ccccc2OC)c1. The summed E-state index contributed by atoms with van der Waals surface area (Å²) in [6.45, 7) is 5.49. The van der Waals surface area contributed by atoms with E-state index in [4.69, 9.17) is 14.2 Å². The second-order valence-electron chi connectivity index (χ2n) is 5.56. The lowest BCUT2D eigenvalue weighted by Gasteiger charge is -2.24. The van der Waals surface area contributed by atoms with Crippen molar-refractivity contribution in [3.63, 3.8) is 0 Å². The van der Waals surface area contributed by atoms with Crippen molar-refractivity contribution in [1.82, 2.24) is 0 Å². The summed E-state index contributed by atoms with van der Waals surface area (Å²) in [4.78, 5) is 12.0. The highest BCUT2D eigenvalue weighted by atomic mass is 16.6. The Balaban J connectivity index is 2.28. The van der Waals surface area contributed by atoms with Crippen molar-refractivity contribution < 1.29 is 19.0 Å². The van der Waals surface area contributed by atoms with E-state index >= 15 is 0 Å². The first-order valence-corrected chi connectivity index (χ1v) is 7.57. The van der Waals surface area contributed by atoms with Gasteiger partial charge in [-0.05, 0) is 44.5 Å². The molecule has 0 atom stereocenters. The van der Waals surface area contributed by atoms with Crippen LogP contribution in [0, 0.1) is 0 Å². The number of para-hydroxylation sites is 1. The lowest BCUT2D eigenvalue weighted by atomic mass is 10.0. The second-order valence-corrected chi connectivity index (χ2v) is 5.56. The molecule has 0 radical (unpaired) electrons. The highest BCUT2D eigenvalue weighted by Gasteiger charge is 2.31. The lowest BCUT2D eigenvalue weighted by Crippen LogP contribution is -2.39. The molecule has 0 fully saturated rings. The average Bonchev–Trinajstić information content (AvgIpc) is 2.55. The summed E-state index contributed by atoms with van der Waals surface area (Å²) in [6.07, 6.45) is 0. The van der Waals surface area contributed by atoms with Gasteiger partial charge in [0.25, 0.3) is 0 Å². The van der Waals surface area contributed by atoms with Crippen LogP contribution in [0.4, 0.5) is 0 Å². The van der Waals surface area contributed by atoms with Gasteiger partial charge in [0.15, 0.2) is 5.60 Å². The van der Waals surface area contributed by atoms with Crippen LogP contribution >= 0.6 is 0 Å². The summed E-state index contributed by atoms with van der Waals surface area (Å²) < 4.78 is 16.3. The fourth-order valence-electron chi connectivity index (χ4n) is 2.25. The Morgan fingerprint density at radius 3 is 2.52 bits per heavy atom. The van der Waals surface area contributed by atoms with E-state index in [9.17, 15) is 4.79 Å². The first-order valence-electron chi connectivity index (χ1n) is 7.57. The summed E-state index contributed by atoms with van der Waals surface area (Å²) in [7, 11) is 1.64. The van der Waals surface area contributed by atoms with Crippen LogP contribution in [0.15, 0.2) is 48.5 Å². The molecule has 0 N–H and O–H groups in total. The predicted octanol–water partition coefficient (Wildman–Crippen LogP) is 4.08. The van der Waals surface area contributed by atoms with Crippen LogP contribution in [0.2, 0.25) is 0 Å². The normalized spacial score (nSPS) is 11.0. The fraction of sp³-hybridized carbons (Fsp3) is 0.316. The van der Waals surface area contributed by atoms with Crippen LogP contribution in [0.3, 0.4) is 0 Å². The van der Waals surface area contributed by atoms with Gasteiger partial charge in [-0.1, -0.05) is 30.3 Å². The minimum absolute atomic E-state index is 0.326. The molecule has 0 heterocycles. The lowest BCUT2D eigenvalue weighted by molar-refractivity contribution is -0.158. The number of esters is 1. The zero-order chi connectivity index (χ0) is 16.9. The summed E-state index contributed by atoms with van der Waals surface area (Å²) in [6, 6.07) is 15.3. The largest absolute Gasteiger partial charge is 0.496 e. The first kappa shape index (κ1) is 16.9. The van der Waals surface area contributed by atoms with E-state index in [1.54, 1.807) is 27.9 Å². The number of carbonyl (C=O) groups excluding carboxylic acids is 1. The predicted molar refractivity (Wildman–Crippen MR) is 89.8 cm³/mol. The fourth-order valence-corrected chi connectivity index (χ4v) is 2.25. The molecule has 0 amide bonds. The molecule has 0 aliphatic heterocycles. The Morgan fingerprint density at radius 1 is 1.09 bits per heavy atom. The van der Waals surface area contributed by atoms with Crippen LogP contribution in [0.5, 0.6) is 11.5 Å². The van der Waals surface area contributed by atoms with Gasteiger partial charge in [0.1, 0.15) is 11.5 Å². The number of hydrogen-bond acceptors (Lipinski definition) is 4. The van der Waals surface area contributed by atoms with Crippen molar-refractivity contribution in [3.8, 4) is 22.6 Å². The van der Waals surface area contributed by atoms with E-state index in [2.05, 4.69) is 0 Å².